The van der Waals surface area contributed by atoms with Gasteiger partial charge in [0.25, 0.3) is 0 Å². The van der Waals surface area contributed by atoms with Crippen LogP contribution in [0.3, 0.4) is 0 Å². The molecular formula is C14H25N3O2. The summed E-state index contributed by atoms with van der Waals surface area (Å²) >= 11 is 0. The number of amides is 1. The predicted octanol–water partition coefficient (Wildman–Crippen LogP) is -0.0809. The first-order valence-electron chi connectivity index (χ1n) is 7.65. The van der Waals surface area contributed by atoms with Gasteiger partial charge in [0.15, 0.2) is 0 Å². The molecule has 108 valence electrons. The number of nitrogens with zero attached hydrogens (tertiary/aromatic N) is 2. The zero-order valence-electron chi connectivity index (χ0n) is 11.6. The fourth-order valence-corrected chi connectivity index (χ4v) is 3.36. The predicted molar refractivity (Wildman–Crippen MR) is 73.0 cm³/mol. The van der Waals surface area contributed by atoms with E-state index in [1.54, 1.807) is 0 Å². The molecule has 0 aromatic rings. The molecule has 3 heterocycles. The highest BCUT2D eigenvalue weighted by atomic mass is 16.5. The first-order chi connectivity index (χ1) is 9.33. The number of carbonyl (C=O) groups is 1. The number of carbonyl (C=O) groups excluding carboxylic acids is 1. The lowest BCUT2D eigenvalue weighted by Crippen LogP contribution is -2.53. The van der Waals surface area contributed by atoms with E-state index in [4.69, 9.17) is 4.74 Å². The Labute approximate surface area is 115 Å². The van der Waals surface area contributed by atoms with Crippen LogP contribution < -0.4 is 5.32 Å². The first kappa shape index (κ1) is 13.3. The van der Waals surface area contributed by atoms with Gasteiger partial charge in [-0.3, -0.25) is 9.69 Å². The second kappa shape index (κ2) is 6.20. The van der Waals surface area contributed by atoms with Crippen LogP contribution >= 0.6 is 0 Å². The van der Waals surface area contributed by atoms with Gasteiger partial charge in [-0.1, -0.05) is 0 Å². The quantitative estimate of drug-likeness (QED) is 0.777. The Hall–Kier alpha value is -0.650. The van der Waals surface area contributed by atoms with Crippen molar-refractivity contribution in [2.75, 3.05) is 52.5 Å². The molecule has 1 N–H and O–H groups in total. The Morgan fingerprint density at radius 1 is 1.21 bits per heavy atom. The Morgan fingerprint density at radius 2 is 2.05 bits per heavy atom. The van der Waals surface area contributed by atoms with Gasteiger partial charge in [0.05, 0.1) is 12.6 Å². The summed E-state index contributed by atoms with van der Waals surface area (Å²) in [6.07, 6.45) is 3.35. The van der Waals surface area contributed by atoms with Gasteiger partial charge >= 0.3 is 0 Å². The third-order valence-electron chi connectivity index (χ3n) is 4.58. The molecule has 0 radical (unpaired) electrons. The number of rotatable bonds is 3. The lowest BCUT2D eigenvalue weighted by Gasteiger charge is -2.36. The van der Waals surface area contributed by atoms with Crippen molar-refractivity contribution in [3.63, 3.8) is 0 Å². The van der Waals surface area contributed by atoms with Crippen LogP contribution in [0, 0.1) is 5.92 Å². The lowest BCUT2D eigenvalue weighted by atomic mass is 10.1. The van der Waals surface area contributed by atoms with E-state index in [0.717, 1.165) is 65.3 Å². The monoisotopic (exact) mass is 267 g/mol. The van der Waals surface area contributed by atoms with Crippen LogP contribution in [-0.4, -0.2) is 74.2 Å². The van der Waals surface area contributed by atoms with Gasteiger partial charge in [-0.05, 0) is 31.7 Å². The van der Waals surface area contributed by atoms with E-state index < -0.39 is 0 Å². The molecule has 0 aromatic heterocycles. The maximum atomic E-state index is 12.3. The van der Waals surface area contributed by atoms with Crippen LogP contribution in [0.5, 0.6) is 0 Å². The molecule has 0 saturated carbocycles. The summed E-state index contributed by atoms with van der Waals surface area (Å²) in [6, 6.07) is 0.0924. The van der Waals surface area contributed by atoms with E-state index in [0.29, 0.717) is 11.8 Å². The number of hydrogen-bond donors (Lipinski definition) is 1. The summed E-state index contributed by atoms with van der Waals surface area (Å²) < 4.78 is 5.43. The summed E-state index contributed by atoms with van der Waals surface area (Å²) in [7, 11) is 0. The van der Waals surface area contributed by atoms with Crippen LogP contribution in [0.25, 0.3) is 0 Å². The molecule has 3 rings (SSSR count). The van der Waals surface area contributed by atoms with Crippen LogP contribution in [0.1, 0.15) is 19.3 Å². The average molecular weight is 267 g/mol. The topological polar surface area (TPSA) is 44.8 Å². The summed E-state index contributed by atoms with van der Waals surface area (Å²) in [6.45, 7) is 7.82. The van der Waals surface area contributed by atoms with E-state index in [-0.39, 0.29) is 6.04 Å². The van der Waals surface area contributed by atoms with Crippen molar-refractivity contribution >= 4 is 5.91 Å². The smallest absolute Gasteiger partial charge is 0.239 e. The molecule has 3 saturated heterocycles. The number of nitrogens with one attached hydrogen (secondary N) is 1. The number of ether oxygens (including phenoxy) is 1. The molecule has 0 aliphatic carbocycles. The normalized spacial score (nSPS) is 32.9. The summed E-state index contributed by atoms with van der Waals surface area (Å²) in [5.41, 5.74) is 0. The largest absolute Gasteiger partial charge is 0.381 e. The third kappa shape index (κ3) is 3.27. The molecule has 0 spiro atoms. The Morgan fingerprint density at radius 3 is 2.68 bits per heavy atom. The Bertz CT molecular complexity index is 304. The average Bonchev–Trinajstić information content (AvgIpc) is 3.12. The highest BCUT2D eigenvalue weighted by Gasteiger charge is 2.30. The molecular weight excluding hydrogens is 242 g/mol. The fraction of sp³-hybridized carbons (Fsp3) is 0.929. The minimum Gasteiger partial charge on any atom is -0.381 e. The van der Waals surface area contributed by atoms with E-state index in [1.807, 2.05) is 4.90 Å². The maximum Gasteiger partial charge on any atom is 0.239 e. The Balaban J connectivity index is 1.42. The SMILES string of the molecule is O=C(C1CCCN1)N1CCN(CC2CCOC2)CC1. The third-order valence-corrected chi connectivity index (χ3v) is 4.58. The molecule has 1 amide bonds. The zero-order valence-corrected chi connectivity index (χ0v) is 11.6. The van der Waals surface area contributed by atoms with Crippen LogP contribution in [0.2, 0.25) is 0 Å². The van der Waals surface area contributed by atoms with Gasteiger partial charge in [0.1, 0.15) is 0 Å². The number of piperazine rings is 1. The van der Waals surface area contributed by atoms with Crippen LogP contribution in [-0.2, 0) is 9.53 Å². The maximum absolute atomic E-state index is 12.3. The molecule has 3 fully saturated rings. The van der Waals surface area contributed by atoms with E-state index in [9.17, 15) is 4.79 Å². The minimum absolute atomic E-state index is 0.0924. The van der Waals surface area contributed by atoms with Gasteiger partial charge in [-0.2, -0.15) is 0 Å². The summed E-state index contributed by atoms with van der Waals surface area (Å²) in [5.74, 6) is 1.03. The lowest BCUT2D eigenvalue weighted by molar-refractivity contribution is -0.134. The molecule has 2 atom stereocenters. The van der Waals surface area contributed by atoms with Gasteiger partial charge < -0.3 is 15.0 Å². The molecule has 5 heteroatoms. The van der Waals surface area contributed by atoms with Gasteiger partial charge in [-0.15, -0.1) is 0 Å². The van der Waals surface area contributed by atoms with Gasteiger partial charge in [0.2, 0.25) is 5.91 Å². The van der Waals surface area contributed by atoms with Crippen LogP contribution in [0.4, 0.5) is 0 Å². The highest BCUT2D eigenvalue weighted by molar-refractivity contribution is 5.82. The van der Waals surface area contributed by atoms with Gasteiger partial charge in [0, 0.05) is 39.3 Å². The molecule has 5 nitrogen and oxygen atoms in total. The number of hydrogen-bond acceptors (Lipinski definition) is 4. The first-order valence-corrected chi connectivity index (χ1v) is 7.65. The standard InChI is InChI=1S/C14H25N3O2/c18-14(13-2-1-4-15-13)17-7-5-16(6-8-17)10-12-3-9-19-11-12/h12-13,15H,1-11H2. The van der Waals surface area contributed by atoms with E-state index in [2.05, 4.69) is 10.2 Å². The molecule has 0 bridgehead atoms. The Kier molecular flexibility index (Phi) is 4.35. The zero-order chi connectivity index (χ0) is 13.1. The molecule has 19 heavy (non-hydrogen) atoms. The second-order valence-corrected chi connectivity index (χ2v) is 6.00. The van der Waals surface area contributed by atoms with Crippen molar-refractivity contribution in [2.24, 2.45) is 5.92 Å². The van der Waals surface area contributed by atoms with Crippen LogP contribution in [0.15, 0.2) is 0 Å². The second-order valence-electron chi connectivity index (χ2n) is 6.00. The molecule has 3 aliphatic heterocycles. The van der Waals surface area contributed by atoms with Crippen molar-refractivity contribution in [1.82, 2.24) is 15.1 Å². The van der Waals surface area contributed by atoms with Crippen molar-refractivity contribution in [1.29, 1.82) is 0 Å². The van der Waals surface area contributed by atoms with E-state index in [1.165, 1.54) is 6.42 Å². The highest BCUT2D eigenvalue weighted by Crippen LogP contribution is 2.16. The molecule has 2 unspecified atom stereocenters. The summed E-state index contributed by atoms with van der Waals surface area (Å²) in [5, 5.41) is 3.30. The minimum atomic E-state index is 0.0924. The van der Waals surface area contributed by atoms with Crippen molar-refractivity contribution in [3.8, 4) is 0 Å². The van der Waals surface area contributed by atoms with Crippen molar-refractivity contribution in [2.45, 2.75) is 25.3 Å². The van der Waals surface area contributed by atoms with Gasteiger partial charge in [-0.25, -0.2) is 0 Å². The molecule has 3 aliphatic rings. The van der Waals surface area contributed by atoms with Crippen molar-refractivity contribution in [3.05, 3.63) is 0 Å². The summed E-state index contributed by atoms with van der Waals surface area (Å²) in [4.78, 5) is 16.8. The fourth-order valence-electron chi connectivity index (χ4n) is 3.36. The van der Waals surface area contributed by atoms with E-state index >= 15 is 0 Å². The molecule has 0 aromatic carbocycles. The van der Waals surface area contributed by atoms with Crippen molar-refractivity contribution < 1.29 is 9.53 Å².